The van der Waals surface area contributed by atoms with E-state index >= 15 is 0 Å². The van der Waals surface area contributed by atoms with Crippen LogP contribution in [0.2, 0.25) is 0 Å². The van der Waals surface area contributed by atoms with Gasteiger partial charge in [-0.15, -0.1) is 10.2 Å². The van der Waals surface area contributed by atoms with Crippen molar-refractivity contribution in [2.24, 2.45) is 0 Å². The summed E-state index contributed by atoms with van der Waals surface area (Å²) in [4.78, 5) is 0. The average Bonchev–Trinajstić information content (AvgIpc) is 3.05. The van der Waals surface area contributed by atoms with Crippen molar-refractivity contribution in [3.63, 3.8) is 0 Å². The third-order valence-electron chi connectivity index (χ3n) is 3.93. The summed E-state index contributed by atoms with van der Waals surface area (Å²) in [5.41, 5.74) is 2.34. The smallest absolute Gasteiger partial charge is 0.192 e. The van der Waals surface area contributed by atoms with Gasteiger partial charge in [-0.05, 0) is 43.7 Å². The molecule has 0 aliphatic heterocycles. The van der Waals surface area contributed by atoms with Gasteiger partial charge in [-0.1, -0.05) is 42.1 Å². The van der Waals surface area contributed by atoms with E-state index in [1.165, 1.54) is 5.56 Å². The zero-order valence-electron chi connectivity index (χ0n) is 14.1. The summed E-state index contributed by atoms with van der Waals surface area (Å²) in [5, 5.41) is 10.1. The summed E-state index contributed by atoms with van der Waals surface area (Å²) < 4.78 is 7.38. The molecule has 1 heterocycles. The first-order valence-corrected chi connectivity index (χ1v) is 8.90. The minimum absolute atomic E-state index is 0.324. The Bertz CT molecular complexity index is 784. The van der Waals surface area contributed by atoms with Crippen molar-refractivity contribution in [2.75, 3.05) is 7.11 Å². The maximum absolute atomic E-state index is 5.22. The van der Waals surface area contributed by atoms with Crippen molar-refractivity contribution in [1.82, 2.24) is 14.8 Å². The normalized spacial score (nSPS) is 12.1. The second-order valence-corrected chi connectivity index (χ2v) is 6.76. The highest BCUT2D eigenvalue weighted by molar-refractivity contribution is 7.99. The number of nitrogens with zero attached hydrogens (tertiary/aromatic N) is 3. The first-order valence-electron chi connectivity index (χ1n) is 8.02. The molecule has 0 aliphatic carbocycles. The Kier molecular flexibility index (Phi) is 5.20. The zero-order chi connectivity index (χ0) is 16.9. The van der Waals surface area contributed by atoms with Gasteiger partial charge in [-0.2, -0.15) is 0 Å². The van der Waals surface area contributed by atoms with E-state index in [1.807, 2.05) is 30.3 Å². The van der Waals surface area contributed by atoms with Crippen molar-refractivity contribution >= 4 is 11.8 Å². The molecule has 0 aliphatic rings. The summed E-state index contributed by atoms with van der Waals surface area (Å²) in [6, 6.07) is 18.4. The van der Waals surface area contributed by atoms with Crippen LogP contribution in [0, 0.1) is 0 Å². The average molecular weight is 339 g/mol. The molecule has 0 bridgehead atoms. The van der Waals surface area contributed by atoms with Crippen LogP contribution in [0.15, 0.2) is 59.8 Å². The molecule has 0 saturated heterocycles. The molecule has 0 saturated carbocycles. The summed E-state index contributed by atoms with van der Waals surface area (Å²) in [6.07, 6.45) is 0. The molecule has 24 heavy (non-hydrogen) atoms. The van der Waals surface area contributed by atoms with Crippen LogP contribution in [-0.2, 0) is 6.54 Å². The molecule has 0 fully saturated rings. The first-order chi connectivity index (χ1) is 11.7. The van der Waals surface area contributed by atoms with Gasteiger partial charge < -0.3 is 9.30 Å². The molecule has 0 N–H and O–H groups in total. The number of benzene rings is 2. The minimum Gasteiger partial charge on any atom is -0.497 e. The van der Waals surface area contributed by atoms with E-state index in [0.717, 1.165) is 28.8 Å². The lowest BCUT2D eigenvalue weighted by Gasteiger charge is -2.12. The van der Waals surface area contributed by atoms with Crippen LogP contribution < -0.4 is 4.74 Å². The summed E-state index contributed by atoms with van der Waals surface area (Å²) in [5.74, 6) is 1.73. The molecule has 0 spiro atoms. The molecular formula is C19H21N3OS. The van der Waals surface area contributed by atoms with Gasteiger partial charge in [0.1, 0.15) is 5.75 Å². The first kappa shape index (κ1) is 16.6. The van der Waals surface area contributed by atoms with Crippen LogP contribution in [0.3, 0.4) is 0 Å². The lowest BCUT2D eigenvalue weighted by Crippen LogP contribution is -2.01. The van der Waals surface area contributed by atoms with Gasteiger partial charge in [0.15, 0.2) is 11.0 Å². The highest BCUT2D eigenvalue weighted by Crippen LogP contribution is 2.35. The van der Waals surface area contributed by atoms with Crippen molar-refractivity contribution in [3.8, 4) is 17.1 Å². The van der Waals surface area contributed by atoms with Gasteiger partial charge in [0.05, 0.1) is 7.11 Å². The molecule has 1 aromatic heterocycles. The SMILES string of the molecule is CCn1c(S[C@@H](C)c2ccccc2)nnc1-c1ccc(OC)cc1. The van der Waals surface area contributed by atoms with E-state index in [0.29, 0.717) is 5.25 Å². The second-order valence-electron chi connectivity index (χ2n) is 5.45. The molecule has 0 unspecified atom stereocenters. The fourth-order valence-electron chi connectivity index (χ4n) is 2.56. The third kappa shape index (κ3) is 3.46. The van der Waals surface area contributed by atoms with Gasteiger partial charge in [-0.25, -0.2) is 0 Å². The Hall–Kier alpha value is -2.27. The van der Waals surface area contributed by atoms with Crippen LogP contribution >= 0.6 is 11.8 Å². The third-order valence-corrected chi connectivity index (χ3v) is 5.07. The number of hydrogen-bond acceptors (Lipinski definition) is 4. The molecule has 1 atom stereocenters. The molecule has 3 rings (SSSR count). The van der Waals surface area contributed by atoms with Crippen LogP contribution in [0.4, 0.5) is 0 Å². The number of methoxy groups -OCH3 is 1. The van der Waals surface area contributed by atoms with Crippen molar-refractivity contribution in [1.29, 1.82) is 0 Å². The van der Waals surface area contributed by atoms with Crippen LogP contribution in [-0.4, -0.2) is 21.9 Å². The topological polar surface area (TPSA) is 39.9 Å². The molecule has 2 aromatic carbocycles. The van der Waals surface area contributed by atoms with Crippen molar-refractivity contribution < 1.29 is 4.74 Å². The quantitative estimate of drug-likeness (QED) is 0.603. The maximum atomic E-state index is 5.22. The van der Waals surface area contributed by atoms with E-state index in [2.05, 4.69) is 52.9 Å². The number of hydrogen-bond donors (Lipinski definition) is 0. The zero-order valence-corrected chi connectivity index (χ0v) is 15.0. The standard InChI is InChI=1S/C19H21N3OS/c1-4-22-18(16-10-12-17(23-3)13-11-16)20-21-19(22)24-14(2)15-8-6-5-7-9-15/h5-14H,4H2,1-3H3/t14-/m0/s1. The van der Waals surface area contributed by atoms with Gasteiger partial charge in [0.25, 0.3) is 0 Å². The predicted octanol–water partition coefficient (Wildman–Crippen LogP) is 4.83. The summed E-state index contributed by atoms with van der Waals surface area (Å²) in [6.45, 7) is 5.15. The number of ether oxygens (including phenoxy) is 1. The predicted molar refractivity (Wildman–Crippen MR) is 98.4 cm³/mol. The van der Waals surface area contributed by atoms with Crippen molar-refractivity contribution in [3.05, 3.63) is 60.2 Å². The van der Waals surface area contributed by atoms with E-state index in [4.69, 9.17) is 4.74 Å². The fraction of sp³-hybridized carbons (Fsp3) is 0.263. The number of aromatic nitrogens is 3. The largest absolute Gasteiger partial charge is 0.497 e. The van der Waals surface area contributed by atoms with E-state index in [1.54, 1.807) is 18.9 Å². The van der Waals surface area contributed by atoms with Crippen LogP contribution in [0.25, 0.3) is 11.4 Å². The minimum atomic E-state index is 0.324. The van der Waals surface area contributed by atoms with Gasteiger partial charge in [0, 0.05) is 17.4 Å². The summed E-state index contributed by atoms with van der Waals surface area (Å²) in [7, 11) is 1.67. The molecule has 4 nitrogen and oxygen atoms in total. The number of thioether (sulfide) groups is 1. The van der Waals surface area contributed by atoms with Crippen LogP contribution in [0.5, 0.6) is 5.75 Å². The number of rotatable bonds is 6. The molecular weight excluding hydrogens is 318 g/mol. The Balaban J connectivity index is 1.86. The van der Waals surface area contributed by atoms with Crippen LogP contribution in [0.1, 0.15) is 24.7 Å². The fourth-order valence-corrected chi connectivity index (χ4v) is 3.61. The Morgan fingerprint density at radius 1 is 1.04 bits per heavy atom. The van der Waals surface area contributed by atoms with E-state index < -0.39 is 0 Å². The van der Waals surface area contributed by atoms with E-state index in [9.17, 15) is 0 Å². The maximum Gasteiger partial charge on any atom is 0.192 e. The lowest BCUT2D eigenvalue weighted by atomic mass is 10.2. The Labute approximate surface area is 146 Å². The van der Waals surface area contributed by atoms with E-state index in [-0.39, 0.29) is 0 Å². The molecule has 124 valence electrons. The Morgan fingerprint density at radius 3 is 2.38 bits per heavy atom. The Morgan fingerprint density at radius 2 is 1.75 bits per heavy atom. The molecule has 3 aromatic rings. The lowest BCUT2D eigenvalue weighted by molar-refractivity contribution is 0.415. The molecule has 0 radical (unpaired) electrons. The second kappa shape index (κ2) is 7.53. The molecule has 5 heteroatoms. The van der Waals surface area contributed by atoms with Gasteiger partial charge >= 0.3 is 0 Å². The highest BCUT2D eigenvalue weighted by Gasteiger charge is 2.16. The molecule has 0 amide bonds. The van der Waals surface area contributed by atoms with Gasteiger partial charge in [-0.3, -0.25) is 0 Å². The van der Waals surface area contributed by atoms with Crippen molar-refractivity contribution in [2.45, 2.75) is 30.8 Å². The highest BCUT2D eigenvalue weighted by atomic mass is 32.2. The monoisotopic (exact) mass is 339 g/mol. The van der Waals surface area contributed by atoms with Gasteiger partial charge in [0.2, 0.25) is 0 Å². The summed E-state index contributed by atoms with van der Waals surface area (Å²) >= 11 is 1.74.